The summed E-state index contributed by atoms with van der Waals surface area (Å²) in [5.41, 5.74) is 9.15. The van der Waals surface area contributed by atoms with Crippen LogP contribution in [0.4, 0.5) is 15.1 Å². The van der Waals surface area contributed by atoms with Crippen LogP contribution < -0.4 is 10.5 Å². The Morgan fingerprint density at radius 2 is 1.85 bits per heavy atom. The molecule has 0 bridgehead atoms. The molecule has 5 heteroatoms. The molecule has 0 aliphatic rings. The maximum Gasteiger partial charge on any atom is 0.168 e. The summed E-state index contributed by atoms with van der Waals surface area (Å²) >= 11 is 0. The summed E-state index contributed by atoms with van der Waals surface area (Å²) in [5, 5.41) is 9.78. The number of nitrogen functional groups attached to an aromatic ring is 1. The summed E-state index contributed by atoms with van der Waals surface area (Å²) < 4.78 is 5.23. The molecule has 0 radical (unpaired) electrons. The van der Waals surface area contributed by atoms with E-state index < -0.39 is 0 Å². The molecule has 0 aromatic heterocycles. The lowest BCUT2D eigenvalue weighted by atomic mass is 10.00. The fourth-order valence-corrected chi connectivity index (χ4v) is 1.89. The first-order valence-corrected chi connectivity index (χ1v) is 5.55. The predicted molar refractivity (Wildman–Crippen MR) is 79.6 cm³/mol. The zero-order chi connectivity index (χ0) is 13.1. The Bertz CT molecular complexity index is 600. The third-order valence-electron chi connectivity index (χ3n) is 2.80. The van der Waals surface area contributed by atoms with E-state index in [2.05, 4.69) is 6.58 Å². The minimum atomic E-state index is 0. The van der Waals surface area contributed by atoms with Gasteiger partial charge in [-0.15, -0.1) is 0 Å². The molecule has 0 unspecified atom stereocenters. The Kier molecular flexibility index (Phi) is 6.22. The monoisotopic (exact) mass is 281 g/mol. The van der Waals surface area contributed by atoms with E-state index >= 15 is 0 Å². The zero-order valence-electron chi connectivity index (χ0n) is 11.0. The van der Waals surface area contributed by atoms with Crippen molar-refractivity contribution < 1.29 is 19.3 Å². The summed E-state index contributed by atoms with van der Waals surface area (Å²) in [7, 11) is 1.52. The van der Waals surface area contributed by atoms with Gasteiger partial charge in [-0.25, -0.2) is 0 Å². The van der Waals surface area contributed by atoms with Crippen molar-refractivity contribution in [2.24, 2.45) is 0 Å². The number of benzene rings is 2. The quantitative estimate of drug-likeness (QED) is 0.845. The van der Waals surface area contributed by atoms with Crippen molar-refractivity contribution in [2.45, 2.75) is 0 Å². The van der Waals surface area contributed by atoms with Gasteiger partial charge in [0.25, 0.3) is 0 Å². The van der Waals surface area contributed by atoms with Crippen LogP contribution in [0.15, 0.2) is 43.0 Å². The normalized spacial score (nSPS) is 9.05. The minimum Gasteiger partial charge on any atom is -0.504 e. The smallest absolute Gasteiger partial charge is 0.168 e. The van der Waals surface area contributed by atoms with Crippen molar-refractivity contribution in [2.75, 3.05) is 12.8 Å². The van der Waals surface area contributed by atoms with Gasteiger partial charge in [0.2, 0.25) is 0 Å². The molecule has 2 rings (SSSR count). The molecule has 2 aromatic carbocycles. The minimum absolute atomic E-state index is 0. The molecule has 0 spiro atoms. The Morgan fingerprint density at radius 3 is 2.45 bits per heavy atom. The van der Waals surface area contributed by atoms with Gasteiger partial charge in [0.15, 0.2) is 11.5 Å². The van der Waals surface area contributed by atoms with Crippen LogP contribution in [0.1, 0.15) is 5.56 Å². The van der Waals surface area contributed by atoms with Crippen LogP contribution >= 0.6 is 0 Å². The molecule has 0 fully saturated rings. The van der Waals surface area contributed by atoms with Crippen molar-refractivity contribution >= 4 is 11.8 Å². The molecule has 20 heavy (non-hydrogen) atoms. The van der Waals surface area contributed by atoms with E-state index in [9.17, 15) is 5.11 Å². The Balaban J connectivity index is 0.00000180. The van der Waals surface area contributed by atoms with Crippen LogP contribution in [0.3, 0.4) is 0 Å². The molecular formula is C15H17F2NO2. The van der Waals surface area contributed by atoms with E-state index in [1.54, 1.807) is 18.2 Å². The van der Waals surface area contributed by atoms with Gasteiger partial charge < -0.3 is 15.6 Å². The first-order chi connectivity index (χ1) is 8.67. The zero-order valence-corrected chi connectivity index (χ0v) is 11.0. The van der Waals surface area contributed by atoms with Crippen molar-refractivity contribution in [3.63, 3.8) is 0 Å². The summed E-state index contributed by atoms with van der Waals surface area (Å²) in [6.07, 6.45) is 1.75. The van der Waals surface area contributed by atoms with E-state index in [1.807, 2.05) is 24.3 Å². The number of phenolic OH excluding ortho intramolecular Hbond substituents is 1. The Hall–Kier alpha value is -2.56. The molecular weight excluding hydrogens is 264 g/mol. The number of hydrogen-bond acceptors (Lipinski definition) is 3. The highest BCUT2D eigenvalue weighted by molar-refractivity contribution is 5.83. The van der Waals surface area contributed by atoms with Gasteiger partial charge in [0.1, 0.15) is 0 Å². The van der Waals surface area contributed by atoms with Crippen molar-refractivity contribution in [1.29, 1.82) is 0 Å². The van der Waals surface area contributed by atoms with E-state index in [-0.39, 0.29) is 15.2 Å². The summed E-state index contributed by atoms with van der Waals surface area (Å²) in [6.45, 7) is 3.73. The molecule has 0 saturated heterocycles. The van der Waals surface area contributed by atoms with Crippen LogP contribution in [0.5, 0.6) is 11.5 Å². The maximum absolute atomic E-state index is 9.78. The van der Waals surface area contributed by atoms with Gasteiger partial charge in [-0.05, 0) is 23.8 Å². The molecule has 0 aliphatic carbocycles. The third-order valence-corrected chi connectivity index (χ3v) is 2.80. The second-order valence-electron chi connectivity index (χ2n) is 3.91. The van der Waals surface area contributed by atoms with Gasteiger partial charge in [0, 0.05) is 16.8 Å². The van der Waals surface area contributed by atoms with Crippen LogP contribution in [0.25, 0.3) is 17.2 Å². The molecule has 0 heterocycles. The lowest BCUT2D eigenvalue weighted by molar-refractivity contribution is 0.375. The predicted octanol–water partition coefficient (Wildman–Crippen LogP) is 3.60. The Labute approximate surface area is 116 Å². The third kappa shape index (κ3) is 3.06. The van der Waals surface area contributed by atoms with Crippen LogP contribution in [0, 0.1) is 0 Å². The molecule has 3 N–H and O–H groups in total. The van der Waals surface area contributed by atoms with Crippen LogP contribution in [-0.2, 0) is 0 Å². The van der Waals surface area contributed by atoms with Crippen molar-refractivity contribution in [3.8, 4) is 22.6 Å². The van der Waals surface area contributed by atoms with Gasteiger partial charge in [-0.2, -0.15) is 0 Å². The number of phenols is 1. The highest BCUT2D eigenvalue weighted by Crippen LogP contribution is 2.39. The van der Waals surface area contributed by atoms with E-state index in [0.717, 1.165) is 16.7 Å². The van der Waals surface area contributed by atoms with Gasteiger partial charge in [0.05, 0.1) is 7.11 Å². The number of nitrogens with two attached hydrogens (primary N) is 1. The number of methoxy groups -OCH3 is 1. The number of hydrogen-bond donors (Lipinski definition) is 2. The lowest BCUT2D eigenvalue weighted by Crippen LogP contribution is -1.94. The number of ether oxygens (including phenoxy) is 1. The fourth-order valence-electron chi connectivity index (χ4n) is 1.89. The fraction of sp³-hybridized carbons (Fsp3) is 0.0667. The summed E-state index contributed by atoms with van der Waals surface area (Å²) in [5.74, 6) is 0.517. The summed E-state index contributed by atoms with van der Waals surface area (Å²) in [6, 6.07) is 10.8. The number of halogens is 2. The molecule has 0 atom stereocenters. The van der Waals surface area contributed by atoms with E-state index in [0.29, 0.717) is 11.4 Å². The number of anilines is 1. The highest BCUT2D eigenvalue weighted by Gasteiger charge is 2.12. The van der Waals surface area contributed by atoms with Crippen LogP contribution in [-0.4, -0.2) is 12.2 Å². The largest absolute Gasteiger partial charge is 0.504 e. The average molecular weight is 281 g/mol. The first kappa shape index (κ1) is 17.4. The van der Waals surface area contributed by atoms with Gasteiger partial charge in [-0.3, -0.25) is 9.41 Å². The highest BCUT2D eigenvalue weighted by atomic mass is 19.0. The first-order valence-electron chi connectivity index (χ1n) is 5.55. The standard InChI is InChI=1S/C15H15NO2.2FH/c1-3-10-7-8-13(16)12(9-10)11-5-4-6-14(17)15(11)18-2;;/h3-9,17H,1,16H2,2H3;2*1H. The SMILES string of the molecule is C=Cc1ccc(N)c(-c2cccc(O)c2OC)c1.F.F. The van der Waals surface area contributed by atoms with Crippen molar-refractivity contribution in [3.05, 3.63) is 48.5 Å². The summed E-state index contributed by atoms with van der Waals surface area (Å²) in [4.78, 5) is 0. The number of para-hydroxylation sites is 1. The lowest BCUT2D eigenvalue weighted by Gasteiger charge is -2.12. The second-order valence-corrected chi connectivity index (χ2v) is 3.91. The number of rotatable bonds is 3. The van der Waals surface area contributed by atoms with E-state index in [1.165, 1.54) is 7.11 Å². The molecule has 0 saturated carbocycles. The van der Waals surface area contributed by atoms with Gasteiger partial charge in [-0.1, -0.05) is 30.9 Å². The van der Waals surface area contributed by atoms with Crippen LogP contribution in [0.2, 0.25) is 0 Å². The molecule has 0 aliphatic heterocycles. The molecule has 108 valence electrons. The molecule has 3 nitrogen and oxygen atoms in total. The van der Waals surface area contributed by atoms with E-state index in [4.69, 9.17) is 10.5 Å². The second kappa shape index (κ2) is 7.13. The molecule has 0 amide bonds. The number of aromatic hydroxyl groups is 1. The molecule has 2 aromatic rings. The topological polar surface area (TPSA) is 55.5 Å². The Morgan fingerprint density at radius 1 is 1.15 bits per heavy atom. The van der Waals surface area contributed by atoms with Gasteiger partial charge >= 0.3 is 0 Å². The maximum atomic E-state index is 9.78. The average Bonchev–Trinajstić information content (AvgIpc) is 2.39. The van der Waals surface area contributed by atoms with Crippen molar-refractivity contribution in [1.82, 2.24) is 0 Å².